The fourth-order valence-electron chi connectivity index (χ4n) is 3.59. The molecule has 2 saturated heterocycles. The second-order valence-corrected chi connectivity index (χ2v) is 6.85. The average molecular weight is 306 g/mol. The van der Waals surface area contributed by atoms with Gasteiger partial charge in [-0.2, -0.15) is 0 Å². The molecule has 0 aromatic carbocycles. The molecule has 1 aromatic rings. The van der Waals surface area contributed by atoms with Crippen LogP contribution in [0.25, 0.3) is 0 Å². The maximum absolute atomic E-state index is 12.5. The lowest BCUT2D eigenvalue weighted by molar-refractivity contribution is 0.0286. The molecule has 2 aliphatic heterocycles. The van der Waals surface area contributed by atoms with E-state index in [1.165, 1.54) is 12.8 Å². The normalized spacial score (nSPS) is 21.5. The zero-order valence-corrected chi connectivity index (χ0v) is 13.6. The zero-order valence-electron chi connectivity index (χ0n) is 13.6. The summed E-state index contributed by atoms with van der Waals surface area (Å²) >= 11 is 0. The van der Waals surface area contributed by atoms with E-state index in [9.17, 15) is 4.79 Å². The standard InChI is InChI=1S/C17H26N2O3/c1-12(2)16-11-15(18-22-16)17(20)19-7-3-13(4-8-19)14-5-9-21-10-6-14/h11-14H,3-10H2,1-2H3. The molecule has 0 unspecified atom stereocenters. The van der Waals surface area contributed by atoms with Crippen LogP contribution in [-0.2, 0) is 4.74 Å². The highest BCUT2D eigenvalue weighted by Gasteiger charge is 2.30. The fraction of sp³-hybridized carbons (Fsp3) is 0.765. The Morgan fingerprint density at radius 2 is 1.82 bits per heavy atom. The number of carbonyl (C=O) groups is 1. The maximum Gasteiger partial charge on any atom is 0.276 e. The van der Waals surface area contributed by atoms with Crippen LogP contribution in [-0.4, -0.2) is 42.3 Å². The molecular weight excluding hydrogens is 280 g/mol. The van der Waals surface area contributed by atoms with E-state index in [0.717, 1.165) is 56.7 Å². The van der Waals surface area contributed by atoms with Gasteiger partial charge in [0.05, 0.1) is 0 Å². The van der Waals surface area contributed by atoms with Crippen LogP contribution >= 0.6 is 0 Å². The maximum atomic E-state index is 12.5. The van der Waals surface area contributed by atoms with Gasteiger partial charge in [-0.15, -0.1) is 0 Å². The number of nitrogens with zero attached hydrogens (tertiary/aromatic N) is 2. The van der Waals surface area contributed by atoms with Crippen LogP contribution in [0.4, 0.5) is 0 Å². The predicted molar refractivity (Wildman–Crippen MR) is 82.8 cm³/mol. The molecule has 122 valence electrons. The van der Waals surface area contributed by atoms with Gasteiger partial charge in [-0.1, -0.05) is 19.0 Å². The van der Waals surface area contributed by atoms with Gasteiger partial charge in [-0.05, 0) is 37.5 Å². The van der Waals surface area contributed by atoms with Gasteiger partial charge in [0.15, 0.2) is 5.69 Å². The number of piperidine rings is 1. The third-order valence-electron chi connectivity index (χ3n) is 5.08. The van der Waals surface area contributed by atoms with Gasteiger partial charge in [0, 0.05) is 38.3 Å². The summed E-state index contributed by atoms with van der Waals surface area (Å²) < 4.78 is 10.7. The highest BCUT2D eigenvalue weighted by Crippen LogP contribution is 2.32. The van der Waals surface area contributed by atoms with E-state index in [-0.39, 0.29) is 11.8 Å². The number of aromatic nitrogens is 1. The fourth-order valence-corrected chi connectivity index (χ4v) is 3.59. The second kappa shape index (κ2) is 6.82. The van der Waals surface area contributed by atoms with E-state index in [0.29, 0.717) is 5.69 Å². The van der Waals surface area contributed by atoms with Crippen molar-refractivity contribution in [1.29, 1.82) is 0 Å². The Kier molecular flexibility index (Phi) is 4.81. The lowest BCUT2D eigenvalue weighted by Gasteiger charge is -2.37. The van der Waals surface area contributed by atoms with Crippen molar-refractivity contribution in [2.24, 2.45) is 11.8 Å². The summed E-state index contributed by atoms with van der Waals surface area (Å²) in [6.07, 6.45) is 4.57. The molecule has 3 heterocycles. The van der Waals surface area contributed by atoms with Crippen LogP contribution in [0.5, 0.6) is 0 Å². The minimum Gasteiger partial charge on any atom is -0.381 e. The van der Waals surface area contributed by atoms with E-state index in [4.69, 9.17) is 9.26 Å². The minimum atomic E-state index is 0.0149. The van der Waals surface area contributed by atoms with Crippen LogP contribution in [0, 0.1) is 11.8 Å². The second-order valence-electron chi connectivity index (χ2n) is 6.85. The summed E-state index contributed by atoms with van der Waals surface area (Å²) in [4.78, 5) is 14.4. The molecule has 5 heteroatoms. The molecule has 3 rings (SSSR count). The Morgan fingerprint density at radius 3 is 2.41 bits per heavy atom. The first-order valence-electron chi connectivity index (χ1n) is 8.48. The van der Waals surface area contributed by atoms with Crippen LogP contribution in [0.1, 0.15) is 61.7 Å². The van der Waals surface area contributed by atoms with E-state index < -0.39 is 0 Å². The lowest BCUT2D eigenvalue weighted by atomic mass is 9.80. The topological polar surface area (TPSA) is 55.6 Å². The van der Waals surface area contributed by atoms with Crippen LogP contribution in [0.15, 0.2) is 10.6 Å². The smallest absolute Gasteiger partial charge is 0.276 e. The summed E-state index contributed by atoms with van der Waals surface area (Å²) in [5, 5.41) is 3.94. The van der Waals surface area contributed by atoms with Gasteiger partial charge < -0.3 is 14.2 Å². The number of likely N-dealkylation sites (tertiary alicyclic amines) is 1. The summed E-state index contributed by atoms with van der Waals surface area (Å²) in [7, 11) is 0. The van der Waals surface area contributed by atoms with Crippen LogP contribution < -0.4 is 0 Å². The number of hydrogen-bond acceptors (Lipinski definition) is 4. The van der Waals surface area contributed by atoms with Gasteiger partial charge in [-0.25, -0.2) is 0 Å². The number of rotatable bonds is 3. The average Bonchev–Trinajstić information content (AvgIpc) is 3.05. The third kappa shape index (κ3) is 3.35. The predicted octanol–water partition coefficient (Wildman–Crippen LogP) is 3.08. The molecular formula is C17H26N2O3. The molecule has 0 aliphatic carbocycles. The molecule has 1 amide bonds. The first kappa shape index (κ1) is 15.5. The Balaban J connectivity index is 1.54. The molecule has 22 heavy (non-hydrogen) atoms. The van der Waals surface area contributed by atoms with Gasteiger partial charge in [-0.3, -0.25) is 4.79 Å². The quantitative estimate of drug-likeness (QED) is 0.861. The molecule has 5 nitrogen and oxygen atoms in total. The SMILES string of the molecule is CC(C)c1cc(C(=O)N2CCC(C3CCOCC3)CC2)no1. The van der Waals surface area contributed by atoms with Crippen molar-refractivity contribution in [1.82, 2.24) is 10.1 Å². The molecule has 0 bridgehead atoms. The summed E-state index contributed by atoms with van der Waals surface area (Å²) in [6.45, 7) is 7.55. The highest BCUT2D eigenvalue weighted by atomic mass is 16.5. The van der Waals surface area contributed by atoms with E-state index in [1.54, 1.807) is 6.07 Å². The van der Waals surface area contributed by atoms with Crippen LogP contribution in [0.3, 0.4) is 0 Å². The third-order valence-corrected chi connectivity index (χ3v) is 5.08. The molecule has 0 atom stereocenters. The molecule has 0 radical (unpaired) electrons. The molecule has 2 fully saturated rings. The van der Waals surface area contributed by atoms with Crippen LogP contribution in [0.2, 0.25) is 0 Å². The van der Waals surface area contributed by atoms with Crippen molar-refractivity contribution in [3.8, 4) is 0 Å². The van der Waals surface area contributed by atoms with Crippen molar-refractivity contribution < 1.29 is 14.1 Å². The summed E-state index contributed by atoms with van der Waals surface area (Å²) in [5.41, 5.74) is 0.452. The summed E-state index contributed by atoms with van der Waals surface area (Å²) in [6, 6.07) is 1.79. The van der Waals surface area contributed by atoms with Gasteiger partial charge >= 0.3 is 0 Å². The Morgan fingerprint density at radius 1 is 1.18 bits per heavy atom. The van der Waals surface area contributed by atoms with Crippen molar-refractivity contribution in [3.05, 3.63) is 17.5 Å². The van der Waals surface area contributed by atoms with E-state index >= 15 is 0 Å². The first-order valence-corrected chi connectivity index (χ1v) is 8.48. The highest BCUT2D eigenvalue weighted by molar-refractivity contribution is 5.92. The van der Waals surface area contributed by atoms with Crippen molar-refractivity contribution in [2.75, 3.05) is 26.3 Å². The summed E-state index contributed by atoms with van der Waals surface area (Å²) in [5.74, 6) is 2.58. The molecule has 0 saturated carbocycles. The number of carbonyl (C=O) groups excluding carboxylic acids is 1. The van der Waals surface area contributed by atoms with Crippen molar-refractivity contribution in [2.45, 2.75) is 45.4 Å². The Hall–Kier alpha value is -1.36. The molecule has 0 spiro atoms. The lowest BCUT2D eigenvalue weighted by Crippen LogP contribution is -2.41. The molecule has 0 N–H and O–H groups in total. The van der Waals surface area contributed by atoms with E-state index in [1.807, 2.05) is 18.7 Å². The first-order chi connectivity index (χ1) is 10.6. The number of ether oxygens (including phenoxy) is 1. The van der Waals surface area contributed by atoms with Gasteiger partial charge in [0.1, 0.15) is 5.76 Å². The molecule has 2 aliphatic rings. The van der Waals surface area contributed by atoms with E-state index in [2.05, 4.69) is 5.16 Å². The largest absolute Gasteiger partial charge is 0.381 e. The Labute approximate surface area is 132 Å². The number of amides is 1. The van der Waals surface area contributed by atoms with Crippen molar-refractivity contribution in [3.63, 3.8) is 0 Å². The Bertz CT molecular complexity index is 498. The van der Waals surface area contributed by atoms with Gasteiger partial charge in [0.2, 0.25) is 0 Å². The van der Waals surface area contributed by atoms with Crippen molar-refractivity contribution >= 4 is 5.91 Å². The molecule has 1 aromatic heterocycles. The minimum absolute atomic E-state index is 0.0149. The van der Waals surface area contributed by atoms with Gasteiger partial charge in [0.25, 0.3) is 5.91 Å². The zero-order chi connectivity index (χ0) is 15.5. The monoisotopic (exact) mass is 306 g/mol. The number of hydrogen-bond donors (Lipinski definition) is 0.